The first-order valence-corrected chi connectivity index (χ1v) is 22.8. The number of fused-ring (bicyclic) bond motifs is 10. The fraction of sp³-hybridized carbons (Fsp3) is 0. The Bertz CT molecular complexity index is 3760. The van der Waals surface area contributed by atoms with Crippen LogP contribution in [0.3, 0.4) is 0 Å². The number of benzene rings is 9. The Labute approximate surface area is 371 Å². The zero-order valence-electron chi connectivity index (χ0n) is 33.9. The Morgan fingerprint density at radius 2 is 0.730 bits per heavy atom. The number of nitrogens with zero attached hydrogens (tertiary/aromatic N) is 3. The number of rotatable bonds is 6. The molecule has 0 aliphatic heterocycles. The molecule has 0 amide bonds. The third kappa shape index (κ3) is 6.16. The van der Waals surface area contributed by atoms with Crippen molar-refractivity contribution in [2.75, 3.05) is 4.90 Å². The van der Waals surface area contributed by atoms with E-state index in [2.05, 4.69) is 205 Å². The Balaban J connectivity index is 0.891. The van der Waals surface area contributed by atoms with Gasteiger partial charge in [0.05, 0.1) is 20.8 Å². The van der Waals surface area contributed by atoms with Crippen molar-refractivity contribution in [1.82, 2.24) is 9.97 Å². The van der Waals surface area contributed by atoms with Crippen molar-refractivity contribution in [3.8, 4) is 33.6 Å². The standard InChI is InChI=1S/C58H35N3S2/c1-2-8-39-29-40(14-13-36(39)7-1)41-21-27-47-42(30-41)15-16-43-31-46(26-28-48(43)47)61(44-22-17-37(18-23-44)53-32-51-49-9-3-5-11-55(49)62-57(51)34-59-53)45-24-19-38(20-25-45)54-33-52-50-10-4-6-12-56(50)63-58(52)35-60-54/h1-35H. The molecule has 0 bridgehead atoms. The summed E-state index contributed by atoms with van der Waals surface area (Å²) in [7, 11) is 0. The maximum absolute atomic E-state index is 4.92. The van der Waals surface area contributed by atoms with E-state index in [1.54, 1.807) is 22.7 Å². The molecule has 0 aliphatic carbocycles. The molecular formula is C58H35N3S2. The molecule has 294 valence electrons. The van der Waals surface area contributed by atoms with Gasteiger partial charge in [0, 0.05) is 71.5 Å². The topological polar surface area (TPSA) is 29.0 Å². The number of hydrogen-bond donors (Lipinski definition) is 0. The van der Waals surface area contributed by atoms with Crippen LogP contribution in [0, 0.1) is 0 Å². The van der Waals surface area contributed by atoms with Crippen LogP contribution in [-0.2, 0) is 0 Å². The highest BCUT2D eigenvalue weighted by molar-refractivity contribution is 7.26. The number of aromatic nitrogens is 2. The molecule has 0 saturated carbocycles. The van der Waals surface area contributed by atoms with Gasteiger partial charge >= 0.3 is 0 Å². The Hall–Kier alpha value is -7.70. The smallest absolute Gasteiger partial charge is 0.0709 e. The maximum atomic E-state index is 4.92. The summed E-state index contributed by atoms with van der Waals surface area (Å²) in [5, 5.41) is 12.5. The van der Waals surface area contributed by atoms with Crippen molar-refractivity contribution in [1.29, 1.82) is 0 Å². The third-order valence-corrected chi connectivity index (χ3v) is 14.8. The predicted molar refractivity (Wildman–Crippen MR) is 271 cm³/mol. The highest BCUT2D eigenvalue weighted by Crippen LogP contribution is 2.41. The molecule has 0 atom stereocenters. The van der Waals surface area contributed by atoms with E-state index < -0.39 is 0 Å². The minimum Gasteiger partial charge on any atom is -0.310 e. The molecule has 5 heteroatoms. The van der Waals surface area contributed by atoms with Crippen molar-refractivity contribution >= 4 is 112 Å². The van der Waals surface area contributed by atoms with Gasteiger partial charge in [0.2, 0.25) is 0 Å². The van der Waals surface area contributed by atoms with Gasteiger partial charge in [0.25, 0.3) is 0 Å². The van der Waals surface area contributed by atoms with Crippen LogP contribution in [0.15, 0.2) is 213 Å². The first-order valence-electron chi connectivity index (χ1n) is 21.2. The molecule has 9 aromatic carbocycles. The molecule has 0 spiro atoms. The van der Waals surface area contributed by atoms with Gasteiger partial charge in [0.1, 0.15) is 0 Å². The minimum absolute atomic E-state index is 0.970. The number of thiophene rings is 2. The van der Waals surface area contributed by atoms with Crippen LogP contribution >= 0.6 is 22.7 Å². The van der Waals surface area contributed by atoms with Crippen molar-refractivity contribution < 1.29 is 0 Å². The summed E-state index contributed by atoms with van der Waals surface area (Å²) in [6.07, 6.45) is 4.04. The van der Waals surface area contributed by atoms with Gasteiger partial charge in [-0.25, -0.2) is 0 Å². The molecule has 4 aromatic heterocycles. The molecular weight excluding hydrogens is 803 g/mol. The summed E-state index contributed by atoms with van der Waals surface area (Å²) >= 11 is 3.59. The van der Waals surface area contributed by atoms with Crippen molar-refractivity contribution in [2.45, 2.75) is 0 Å². The summed E-state index contributed by atoms with van der Waals surface area (Å²) < 4.78 is 4.99. The largest absolute Gasteiger partial charge is 0.310 e. The van der Waals surface area contributed by atoms with Crippen LogP contribution in [0.25, 0.3) is 106 Å². The van der Waals surface area contributed by atoms with Gasteiger partial charge in [-0.2, -0.15) is 0 Å². The van der Waals surface area contributed by atoms with E-state index in [1.165, 1.54) is 83.8 Å². The SMILES string of the molecule is c1ccc2cc(-c3ccc4c(ccc5cc(N(c6ccc(-c7cc8c(cn7)sc7ccccc78)cc6)c6ccc(-c7cc8c(cn7)sc7ccccc78)cc6)ccc54)c3)ccc2c1. The highest BCUT2D eigenvalue weighted by Gasteiger charge is 2.17. The van der Waals surface area contributed by atoms with Gasteiger partial charge in [-0.1, -0.05) is 127 Å². The van der Waals surface area contributed by atoms with E-state index >= 15 is 0 Å². The van der Waals surface area contributed by atoms with E-state index in [-0.39, 0.29) is 0 Å². The van der Waals surface area contributed by atoms with Crippen molar-refractivity contribution in [3.63, 3.8) is 0 Å². The van der Waals surface area contributed by atoms with Crippen LogP contribution in [0.5, 0.6) is 0 Å². The van der Waals surface area contributed by atoms with E-state index in [9.17, 15) is 0 Å². The minimum atomic E-state index is 0.970. The lowest BCUT2D eigenvalue weighted by atomic mass is 9.96. The number of hydrogen-bond acceptors (Lipinski definition) is 5. The molecule has 13 aromatic rings. The molecule has 63 heavy (non-hydrogen) atoms. The normalized spacial score (nSPS) is 11.8. The molecule has 4 heterocycles. The van der Waals surface area contributed by atoms with Crippen LogP contribution in [0.2, 0.25) is 0 Å². The lowest BCUT2D eigenvalue weighted by molar-refractivity contribution is 1.28. The van der Waals surface area contributed by atoms with Crippen LogP contribution < -0.4 is 4.90 Å². The van der Waals surface area contributed by atoms with Crippen LogP contribution in [0.4, 0.5) is 17.1 Å². The van der Waals surface area contributed by atoms with E-state index in [4.69, 9.17) is 9.97 Å². The first-order chi connectivity index (χ1) is 31.2. The summed E-state index contributed by atoms with van der Waals surface area (Å²) in [6.45, 7) is 0. The number of anilines is 3. The zero-order valence-corrected chi connectivity index (χ0v) is 35.5. The van der Waals surface area contributed by atoms with Crippen molar-refractivity contribution in [2.24, 2.45) is 0 Å². The molecule has 0 radical (unpaired) electrons. The van der Waals surface area contributed by atoms with Crippen LogP contribution in [-0.4, -0.2) is 9.97 Å². The van der Waals surface area contributed by atoms with E-state index in [0.29, 0.717) is 0 Å². The second-order valence-electron chi connectivity index (χ2n) is 16.2. The first kappa shape index (κ1) is 36.0. The van der Waals surface area contributed by atoms with Gasteiger partial charge in [-0.05, 0) is 116 Å². The average molecular weight is 838 g/mol. The molecule has 0 saturated heterocycles. The Kier molecular flexibility index (Phi) is 8.26. The van der Waals surface area contributed by atoms with Crippen molar-refractivity contribution in [3.05, 3.63) is 213 Å². The Morgan fingerprint density at radius 1 is 0.286 bits per heavy atom. The zero-order chi connectivity index (χ0) is 41.4. The lowest BCUT2D eigenvalue weighted by Gasteiger charge is -2.26. The lowest BCUT2D eigenvalue weighted by Crippen LogP contribution is -2.10. The Morgan fingerprint density at radius 3 is 1.33 bits per heavy atom. The van der Waals surface area contributed by atoms with Gasteiger partial charge in [0.15, 0.2) is 0 Å². The molecule has 0 unspecified atom stereocenters. The molecule has 13 rings (SSSR count). The van der Waals surface area contributed by atoms with Gasteiger partial charge in [-0.3, -0.25) is 9.97 Å². The predicted octanol–water partition coefficient (Wildman–Crippen LogP) is 17.1. The third-order valence-electron chi connectivity index (χ3n) is 12.5. The molecule has 3 nitrogen and oxygen atoms in total. The average Bonchev–Trinajstić information content (AvgIpc) is 3.92. The number of pyridine rings is 2. The fourth-order valence-electron chi connectivity index (χ4n) is 9.33. The maximum Gasteiger partial charge on any atom is 0.0709 e. The quantitative estimate of drug-likeness (QED) is 0.156. The summed E-state index contributed by atoms with van der Waals surface area (Å²) in [4.78, 5) is 12.2. The monoisotopic (exact) mass is 837 g/mol. The fourth-order valence-corrected chi connectivity index (χ4v) is 11.4. The molecule has 0 N–H and O–H groups in total. The molecule has 0 aliphatic rings. The second-order valence-corrected chi connectivity index (χ2v) is 18.4. The summed E-state index contributed by atoms with van der Waals surface area (Å²) in [5.41, 5.74) is 9.78. The second kappa shape index (κ2) is 14.5. The summed E-state index contributed by atoms with van der Waals surface area (Å²) in [6, 6.07) is 72.9. The van der Waals surface area contributed by atoms with Gasteiger partial charge < -0.3 is 4.90 Å². The van der Waals surface area contributed by atoms with Gasteiger partial charge in [-0.15, -0.1) is 22.7 Å². The van der Waals surface area contributed by atoms with E-state index in [0.717, 1.165) is 39.6 Å². The van der Waals surface area contributed by atoms with Crippen LogP contribution in [0.1, 0.15) is 0 Å². The summed E-state index contributed by atoms with van der Waals surface area (Å²) in [5.74, 6) is 0. The van der Waals surface area contributed by atoms with E-state index in [1.807, 2.05) is 12.4 Å². The molecule has 0 fully saturated rings. The highest BCUT2D eigenvalue weighted by atomic mass is 32.1.